The molecule has 4 nitrogen and oxygen atoms in total. The molecule has 0 aliphatic heterocycles. The molecule has 0 aliphatic rings. The van der Waals surface area contributed by atoms with Gasteiger partial charge in [-0.25, -0.2) is 0 Å². The van der Waals surface area contributed by atoms with Crippen LogP contribution in [0.15, 0.2) is 103 Å². The lowest BCUT2D eigenvalue weighted by molar-refractivity contribution is 0.0952. The van der Waals surface area contributed by atoms with E-state index in [0.29, 0.717) is 17.7 Å². The predicted octanol–water partition coefficient (Wildman–Crippen LogP) is 6.29. The Morgan fingerprint density at radius 1 is 0.714 bits per heavy atom. The minimum Gasteiger partial charge on any atom is -0.366 e. The van der Waals surface area contributed by atoms with Crippen LogP contribution in [0.4, 0.5) is 0 Å². The van der Waals surface area contributed by atoms with Crippen molar-refractivity contribution in [1.82, 2.24) is 5.32 Å². The Bertz CT molecular complexity index is 1560. The second-order valence-electron chi connectivity index (χ2n) is 8.87. The third-order valence-corrected chi connectivity index (χ3v) is 6.54. The van der Waals surface area contributed by atoms with Crippen molar-refractivity contribution in [1.29, 1.82) is 0 Å². The molecule has 35 heavy (non-hydrogen) atoms. The number of carbonyl (C=O) groups is 2. The standard InChI is InChI=1S/C31H26N2O2/c1-20(21-7-3-2-4-8-21)19-33-31(35)29-12-6-10-25-18-23(14-16-27(25)29)22-13-15-26-24(17-22)9-5-11-28(26)30(32)34/h2-18,20H,19H2,1H3,(H2,32,34)(H,33,35)/t20-/m1/s1. The van der Waals surface area contributed by atoms with Crippen LogP contribution in [-0.4, -0.2) is 18.4 Å². The van der Waals surface area contributed by atoms with Gasteiger partial charge in [0.25, 0.3) is 5.91 Å². The first-order valence-corrected chi connectivity index (χ1v) is 11.7. The molecule has 0 unspecified atom stereocenters. The molecule has 0 radical (unpaired) electrons. The van der Waals surface area contributed by atoms with E-state index in [0.717, 1.165) is 32.7 Å². The van der Waals surface area contributed by atoms with E-state index in [4.69, 9.17) is 5.73 Å². The third kappa shape index (κ3) is 4.51. The largest absolute Gasteiger partial charge is 0.366 e. The maximum Gasteiger partial charge on any atom is 0.251 e. The summed E-state index contributed by atoms with van der Waals surface area (Å²) in [6.45, 7) is 2.68. The first kappa shape index (κ1) is 22.4. The lowest BCUT2D eigenvalue weighted by Gasteiger charge is -2.14. The Labute approximate surface area is 204 Å². The fourth-order valence-corrected chi connectivity index (χ4v) is 4.58. The normalized spacial score (nSPS) is 11.9. The Kier molecular flexibility index (Phi) is 6.02. The fourth-order valence-electron chi connectivity index (χ4n) is 4.58. The van der Waals surface area contributed by atoms with Crippen LogP contribution in [0.25, 0.3) is 32.7 Å². The van der Waals surface area contributed by atoms with E-state index in [1.165, 1.54) is 5.56 Å². The molecule has 5 aromatic carbocycles. The summed E-state index contributed by atoms with van der Waals surface area (Å²) in [5.41, 5.74) is 9.99. The molecule has 0 bridgehead atoms. The third-order valence-electron chi connectivity index (χ3n) is 6.54. The first-order valence-electron chi connectivity index (χ1n) is 11.7. The van der Waals surface area contributed by atoms with Crippen LogP contribution in [0.1, 0.15) is 39.1 Å². The quantitative estimate of drug-likeness (QED) is 0.314. The Morgan fingerprint density at radius 2 is 1.29 bits per heavy atom. The van der Waals surface area contributed by atoms with Crippen LogP contribution in [0, 0.1) is 0 Å². The summed E-state index contributed by atoms with van der Waals surface area (Å²) >= 11 is 0. The zero-order valence-electron chi connectivity index (χ0n) is 19.5. The minimum atomic E-state index is -0.432. The molecule has 0 spiro atoms. The lowest BCUT2D eigenvalue weighted by atomic mass is 9.95. The number of fused-ring (bicyclic) bond motifs is 2. The molecule has 3 N–H and O–H groups in total. The van der Waals surface area contributed by atoms with Crippen LogP contribution >= 0.6 is 0 Å². The molecule has 2 amide bonds. The van der Waals surface area contributed by atoms with Crippen molar-refractivity contribution in [3.8, 4) is 11.1 Å². The van der Waals surface area contributed by atoms with Crippen molar-refractivity contribution in [2.24, 2.45) is 5.73 Å². The molecular formula is C31H26N2O2. The van der Waals surface area contributed by atoms with Crippen molar-refractivity contribution >= 4 is 33.4 Å². The number of nitrogens with one attached hydrogen (secondary N) is 1. The maximum atomic E-state index is 13.0. The molecule has 0 saturated carbocycles. The van der Waals surface area contributed by atoms with Gasteiger partial charge in [0.15, 0.2) is 0 Å². The maximum absolute atomic E-state index is 13.0. The van der Waals surface area contributed by atoms with Gasteiger partial charge in [-0.15, -0.1) is 0 Å². The number of rotatable bonds is 6. The molecule has 172 valence electrons. The first-order chi connectivity index (χ1) is 17.0. The van der Waals surface area contributed by atoms with Crippen LogP contribution < -0.4 is 11.1 Å². The average Bonchev–Trinajstić information content (AvgIpc) is 2.90. The average molecular weight is 459 g/mol. The van der Waals surface area contributed by atoms with Crippen molar-refractivity contribution in [2.75, 3.05) is 6.54 Å². The fraction of sp³-hybridized carbons (Fsp3) is 0.0968. The number of benzene rings is 5. The summed E-state index contributed by atoms with van der Waals surface area (Å²) in [6, 6.07) is 33.7. The Balaban J connectivity index is 1.42. The Morgan fingerprint density at radius 3 is 1.89 bits per heavy atom. The van der Waals surface area contributed by atoms with Crippen molar-refractivity contribution in [3.63, 3.8) is 0 Å². The second kappa shape index (κ2) is 9.43. The van der Waals surface area contributed by atoms with Gasteiger partial charge in [0.05, 0.1) is 0 Å². The number of nitrogens with two attached hydrogens (primary N) is 1. The van der Waals surface area contributed by atoms with Gasteiger partial charge in [-0.3, -0.25) is 9.59 Å². The van der Waals surface area contributed by atoms with Crippen LogP contribution in [0.2, 0.25) is 0 Å². The van der Waals surface area contributed by atoms with E-state index < -0.39 is 5.91 Å². The van der Waals surface area contributed by atoms with Gasteiger partial charge in [-0.1, -0.05) is 85.8 Å². The van der Waals surface area contributed by atoms with E-state index in [-0.39, 0.29) is 11.8 Å². The van der Waals surface area contributed by atoms with Gasteiger partial charge in [-0.2, -0.15) is 0 Å². The molecule has 5 rings (SSSR count). The van der Waals surface area contributed by atoms with Crippen LogP contribution in [0.3, 0.4) is 0 Å². The molecule has 0 heterocycles. The summed E-state index contributed by atoms with van der Waals surface area (Å²) in [5.74, 6) is -0.279. The van der Waals surface area contributed by atoms with E-state index in [9.17, 15) is 9.59 Å². The number of primary amides is 1. The summed E-state index contributed by atoms with van der Waals surface area (Å²) < 4.78 is 0. The van der Waals surface area contributed by atoms with Gasteiger partial charge < -0.3 is 11.1 Å². The van der Waals surface area contributed by atoms with Gasteiger partial charge in [0.2, 0.25) is 5.91 Å². The zero-order valence-corrected chi connectivity index (χ0v) is 19.5. The summed E-state index contributed by atoms with van der Waals surface area (Å²) in [4.78, 5) is 24.8. The zero-order chi connectivity index (χ0) is 24.4. The predicted molar refractivity (Wildman–Crippen MR) is 143 cm³/mol. The van der Waals surface area contributed by atoms with E-state index >= 15 is 0 Å². The molecule has 0 aliphatic carbocycles. The number of hydrogen-bond acceptors (Lipinski definition) is 2. The molecule has 0 fully saturated rings. The molecule has 5 aromatic rings. The highest BCUT2D eigenvalue weighted by Crippen LogP contribution is 2.30. The topological polar surface area (TPSA) is 72.2 Å². The lowest BCUT2D eigenvalue weighted by Crippen LogP contribution is -2.27. The number of carbonyl (C=O) groups excluding carboxylic acids is 2. The van der Waals surface area contributed by atoms with Crippen molar-refractivity contribution in [3.05, 3.63) is 120 Å². The molecule has 0 saturated heterocycles. The van der Waals surface area contributed by atoms with Gasteiger partial charge >= 0.3 is 0 Å². The van der Waals surface area contributed by atoms with E-state index in [1.807, 2.05) is 72.8 Å². The van der Waals surface area contributed by atoms with E-state index in [1.54, 1.807) is 6.07 Å². The van der Waals surface area contributed by atoms with Gasteiger partial charge in [0, 0.05) is 17.7 Å². The Hall–Kier alpha value is -4.44. The highest BCUT2D eigenvalue weighted by Gasteiger charge is 2.13. The van der Waals surface area contributed by atoms with Crippen LogP contribution in [-0.2, 0) is 0 Å². The van der Waals surface area contributed by atoms with Crippen molar-refractivity contribution in [2.45, 2.75) is 12.8 Å². The van der Waals surface area contributed by atoms with E-state index in [2.05, 4.69) is 36.5 Å². The summed E-state index contributed by atoms with van der Waals surface area (Å²) in [7, 11) is 0. The summed E-state index contributed by atoms with van der Waals surface area (Å²) in [6.07, 6.45) is 0. The van der Waals surface area contributed by atoms with Crippen LogP contribution in [0.5, 0.6) is 0 Å². The monoisotopic (exact) mass is 458 g/mol. The highest BCUT2D eigenvalue weighted by molar-refractivity contribution is 6.09. The molecule has 4 heteroatoms. The SMILES string of the molecule is C[C@H](CNC(=O)c1cccc2cc(-c3ccc4c(C(N)=O)cccc4c3)ccc12)c1ccccc1. The molecule has 0 aromatic heterocycles. The second-order valence-corrected chi connectivity index (χ2v) is 8.87. The number of hydrogen-bond donors (Lipinski definition) is 2. The smallest absolute Gasteiger partial charge is 0.251 e. The molecular weight excluding hydrogens is 432 g/mol. The minimum absolute atomic E-state index is 0.0733. The number of amides is 2. The van der Waals surface area contributed by atoms with Gasteiger partial charge in [-0.05, 0) is 68.4 Å². The van der Waals surface area contributed by atoms with Gasteiger partial charge in [0.1, 0.15) is 0 Å². The molecule has 1 atom stereocenters. The summed E-state index contributed by atoms with van der Waals surface area (Å²) in [5, 5.41) is 6.80. The highest BCUT2D eigenvalue weighted by atomic mass is 16.2. The van der Waals surface area contributed by atoms with Crippen molar-refractivity contribution < 1.29 is 9.59 Å².